The van der Waals surface area contributed by atoms with E-state index in [-0.39, 0.29) is 6.04 Å². The highest BCUT2D eigenvalue weighted by molar-refractivity contribution is 14.1. The number of nitrogens with one attached hydrogen (secondary N) is 1. The lowest BCUT2D eigenvalue weighted by molar-refractivity contribution is 0.880. The minimum Gasteiger partial charge on any atom is -0.378 e. The maximum Gasteiger partial charge on any atom is 0.0809 e. The van der Waals surface area contributed by atoms with E-state index in [4.69, 9.17) is 0 Å². The van der Waals surface area contributed by atoms with E-state index >= 15 is 0 Å². The molecule has 0 bridgehead atoms. The molecule has 0 aliphatic carbocycles. The number of pyridine rings is 1. The van der Waals surface area contributed by atoms with Gasteiger partial charge in [-0.25, -0.2) is 0 Å². The Morgan fingerprint density at radius 3 is 3.00 bits per heavy atom. The lowest BCUT2D eigenvalue weighted by Gasteiger charge is -2.15. The van der Waals surface area contributed by atoms with Crippen LogP contribution < -0.4 is 5.32 Å². The van der Waals surface area contributed by atoms with Gasteiger partial charge >= 0.3 is 0 Å². The molecule has 1 N–H and O–H groups in total. The van der Waals surface area contributed by atoms with Crippen molar-refractivity contribution in [3.8, 4) is 0 Å². The SMILES string of the molecule is CC(Nc1cccc(I)c1)c1cnc2ccsc2c1. The van der Waals surface area contributed by atoms with E-state index in [2.05, 4.69) is 81.6 Å². The Morgan fingerprint density at radius 1 is 1.26 bits per heavy atom. The first-order valence-electron chi connectivity index (χ1n) is 6.07. The second-order valence-electron chi connectivity index (χ2n) is 4.45. The number of benzene rings is 1. The third-order valence-corrected chi connectivity index (χ3v) is 4.56. The van der Waals surface area contributed by atoms with Crippen molar-refractivity contribution in [1.82, 2.24) is 4.98 Å². The van der Waals surface area contributed by atoms with Crippen molar-refractivity contribution in [2.24, 2.45) is 0 Å². The predicted octanol–water partition coefficient (Wildman–Crippen LogP) is 5.07. The second kappa shape index (κ2) is 5.46. The summed E-state index contributed by atoms with van der Waals surface area (Å²) in [5.41, 5.74) is 3.44. The molecule has 1 aromatic carbocycles. The number of hydrogen-bond acceptors (Lipinski definition) is 3. The molecule has 3 aromatic rings. The Morgan fingerprint density at radius 2 is 2.16 bits per heavy atom. The predicted molar refractivity (Wildman–Crippen MR) is 90.8 cm³/mol. The number of anilines is 1. The Bertz CT molecular complexity index is 708. The van der Waals surface area contributed by atoms with Crippen molar-refractivity contribution in [3.63, 3.8) is 0 Å². The lowest BCUT2D eigenvalue weighted by Crippen LogP contribution is -2.06. The van der Waals surface area contributed by atoms with Crippen molar-refractivity contribution >= 4 is 49.8 Å². The average Bonchev–Trinajstić information content (AvgIpc) is 2.85. The molecule has 2 nitrogen and oxygen atoms in total. The van der Waals surface area contributed by atoms with E-state index in [1.807, 2.05) is 6.20 Å². The Labute approximate surface area is 130 Å². The normalized spacial score (nSPS) is 12.5. The van der Waals surface area contributed by atoms with Crippen molar-refractivity contribution in [1.29, 1.82) is 0 Å². The maximum absolute atomic E-state index is 4.49. The number of thiophene rings is 1. The van der Waals surface area contributed by atoms with Crippen LogP contribution in [0.25, 0.3) is 10.2 Å². The highest BCUT2D eigenvalue weighted by Crippen LogP contribution is 2.25. The van der Waals surface area contributed by atoms with Gasteiger partial charge in [-0.2, -0.15) is 0 Å². The molecule has 2 heterocycles. The molecule has 1 atom stereocenters. The molecule has 0 fully saturated rings. The number of rotatable bonds is 3. The summed E-state index contributed by atoms with van der Waals surface area (Å²) in [4.78, 5) is 4.49. The molecule has 0 amide bonds. The summed E-state index contributed by atoms with van der Waals surface area (Å²) >= 11 is 4.06. The molecule has 96 valence electrons. The van der Waals surface area contributed by atoms with Gasteiger partial charge in [0.05, 0.1) is 16.3 Å². The quantitative estimate of drug-likeness (QED) is 0.642. The summed E-state index contributed by atoms with van der Waals surface area (Å²) in [6.45, 7) is 2.16. The smallest absolute Gasteiger partial charge is 0.0809 e. The summed E-state index contributed by atoms with van der Waals surface area (Å²) in [7, 11) is 0. The van der Waals surface area contributed by atoms with Crippen LogP contribution in [-0.4, -0.2) is 4.98 Å². The minimum absolute atomic E-state index is 0.247. The number of aromatic nitrogens is 1. The molecule has 3 rings (SSSR count). The summed E-state index contributed by atoms with van der Waals surface area (Å²) < 4.78 is 2.48. The van der Waals surface area contributed by atoms with Crippen LogP contribution in [0.4, 0.5) is 5.69 Å². The van der Waals surface area contributed by atoms with Gasteiger partial charge in [0.15, 0.2) is 0 Å². The van der Waals surface area contributed by atoms with E-state index in [0.29, 0.717) is 0 Å². The van der Waals surface area contributed by atoms with Gasteiger partial charge in [0.1, 0.15) is 0 Å². The molecule has 0 radical (unpaired) electrons. The van der Waals surface area contributed by atoms with E-state index in [1.165, 1.54) is 13.8 Å². The Balaban J connectivity index is 1.84. The standard InChI is InChI=1S/C15H13IN2S/c1-10(18-13-4-2-3-12(16)8-13)11-7-15-14(17-9-11)5-6-19-15/h2-10,18H,1H3. The minimum atomic E-state index is 0.247. The van der Waals surface area contributed by atoms with Gasteiger partial charge in [0.2, 0.25) is 0 Å². The van der Waals surface area contributed by atoms with Crippen LogP contribution in [0.5, 0.6) is 0 Å². The molecule has 4 heteroatoms. The molecular formula is C15H13IN2S. The molecule has 19 heavy (non-hydrogen) atoms. The first kappa shape index (κ1) is 12.9. The molecule has 0 saturated carbocycles. The molecule has 1 unspecified atom stereocenters. The zero-order chi connectivity index (χ0) is 13.2. The summed E-state index contributed by atoms with van der Waals surface area (Å²) in [5, 5.41) is 5.60. The van der Waals surface area contributed by atoms with Crippen LogP contribution in [0.15, 0.2) is 48.0 Å². The Hall–Kier alpha value is -1.14. The molecule has 0 saturated heterocycles. The summed E-state index contributed by atoms with van der Waals surface area (Å²) in [6.07, 6.45) is 1.96. The number of halogens is 1. The average molecular weight is 380 g/mol. The molecular weight excluding hydrogens is 367 g/mol. The van der Waals surface area contributed by atoms with Gasteiger partial charge < -0.3 is 5.32 Å². The highest BCUT2D eigenvalue weighted by Gasteiger charge is 2.07. The largest absolute Gasteiger partial charge is 0.378 e. The van der Waals surface area contributed by atoms with Crippen molar-refractivity contribution in [2.75, 3.05) is 5.32 Å². The topological polar surface area (TPSA) is 24.9 Å². The van der Waals surface area contributed by atoms with Gasteiger partial charge in [-0.3, -0.25) is 4.98 Å². The fourth-order valence-corrected chi connectivity index (χ4v) is 3.34. The maximum atomic E-state index is 4.49. The first-order valence-corrected chi connectivity index (χ1v) is 8.03. The monoisotopic (exact) mass is 380 g/mol. The first-order chi connectivity index (χ1) is 9.22. The molecule has 0 aliphatic heterocycles. The van der Waals surface area contributed by atoms with E-state index in [0.717, 1.165) is 11.2 Å². The summed E-state index contributed by atoms with van der Waals surface area (Å²) in [5.74, 6) is 0. The summed E-state index contributed by atoms with van der Waals surface area (Å²) in [6, 6.07) is 12.9. The third-order valence-electron chi connectivity index (χ3n) is 3.03. The lowest BCUT2D eigenvalue weighted by atomic mass is 10.1. The number of nitrogens with zero attached hydrogens (tertiary/aromatic N) is 1. The van der Waals surface area contributed by atoms with Gasteiger partial charge in [-0.05, 0) is 70.8 Å². The third kappa shape index (κ3) is 2.90. The Kier molecular flexibility index (Phi) is 3.70. The van der Waals surface area contributed by atoms with Crippen LogP contribution in [-0.2, 0) is 0 Å². The van der Waals surface area contributed by atoms with Crippen molar-refractivity contribution in [2.45, 2.75) is 13.0 Å². The zero-order valence-corrected chi connectivity index (χ0v) is 13.4. The van der Waals surface area contributed by atoms with Gasteiger partial charge in [-0.15, -0.1) is 11.3 Å². The molecule has 0 aliphatic rings. The second-order valence-corrected chi connectivity index (χ2v) is 6.64. The zero-order valence-electron chi connectivity index (χ0n) is 10.4. The van der Waals surface area contributed by atoms with Crippen LogP contribution in [0.2, 0.25) is 0 Å². The molecule has 0 spiro atoms. The number of fused-ring (bicyclic) bond motifs is 1. The van der Waals surface area contributed by atoms with Crippen LogP contribution in [0, 0.1) is 3.57 Å². The van der Waals surface area contributed by atoms with Crippen molar-refractivity contribution < 1.29 is 0 Å². The van der Waals surface area contributed by atoms with E-state index in [1.54, 1.807) is 11.3 Å². The van der Waals surface area contributed by atoms with Crippen LogP contribution in [0.3, 0.4) is 0 Å². The van der Waals surface area contributed by atoms with Crippen LogP contribution in [0.1, 0.15) is 18.5 Å². The van der Waals surface area contributed by atoms with Crippen molar-refractivity contribution in [3.05, 3.63) is 57.1 Å². The fourth-order valence-electron chi connectivity index (χ4n) is 2.01. The number of hydrogen-bond donors (Lipinski definition) is 1. The van der Waals surface area contributed by atoms with E-state index < -0.39 is 0 Å². The molecule has 2 aromatic heterocycles. The van der Waals surface area contributed by atoms with Crippen LogP contribution >= 0.6 is 33.9 Å². The van der Waals surface area contributed by atoms with Gasteiger partial charge in [0.25, 0.3) is 0 Å². The van der Waals surface area contributed by atoms with Gasteiger partial charge in [0, 0.05) is 15.5 Å². The van der Waals surface area contributed by atoms with E-state index in [9.17, 15) is 0 Å². The fraction of sp³-hybridized carbons (Fsp3) is 0.133. The highest BCUT2D eigenvalue weighted by atomic mass is 127. The van der Waals surface area contributed by atoms with Gasteiger partial charge in [-0.1, -0.05) is 6.07 Å².